The van der Waals surface area contributed by atoms with Gasteiger partial charge in [0.1, 0.15) is 0 Å². The Morgan fingerprint density at radius 3 is 2.62 bits per heavy atom. The number of epoxide rings is 1. The van der Waals surface area contributed by atoms with Gasteiger partial charge in [-0.25, -0.2) is 0 Å². The maximum atomic E-state index is 5.44. The molecule has 1 aliphatic heterocycles. The molecule has 1 saturated heterocycles. The molecular formula is C12H20O. The Bertz CT molecular complexity index is 205. The topological polar surface area (TPSA) is 12.5 Å². The van der Waals surface area contributed by atoms with E-state index in [1.165, 1.54) is 24.8 Å². The van der Waals surface area contributed by atoms with Crippen LogP contribution in [0.25, 0.3) is 0 Å². The van der Waals surface area contributed by atoms with E-state index < -0.39 is 0 Å². The molecule has 1 heterocycles. The van der Waals surface area contributed by atoms with Crippen LogP contribution in [0.4, 0.5) is 0 Å². The molecule has 0 aromatic heterocycles. The number of hydrogen-bond donors (Lipinski definition) is 0. The van der Waals surface area contributed by atoms with E-state index in [1.54, 1.807) is 0 Å². The molecule has 0 spiro atoms. The molecular weight excluding hydrogens is 160 g/mol. The van der Waals surface area contributed by atoms with Crippen LogP contribution >= 0.6 is 0 Å². The van der Waals surface area contributed by atoms with Gasteiger partial charge in [-0.1, -0.05) is 25.5 Å². The zero-order valence-electron chi connectivity index (χ0n) is 8.75. The Morgan fingerprint density at radius 1 is 1.38 bits per heavy atom. The van der Waals surface area contributed by atoms with Crippen LogP contribution in [0.1, 0.15) is 33.1 Å². The van der Waals surface area contributed by atoms with Gasteiger partial charge in [-0.3, -0.25) is 0 Å². The molecule has 0 N–H and O–H groups in total. The van der Waals surface area contributed by atoms with Crippen LogP contribution in [-0.2, 0) is 4.74 Å². The van der Waals surface area contributed by atoms with Gasteiger partial charge in [0, 0.05) is 0 Å². The largest absolute Gasteiger partial charge is 0.373 e. The van der Waals surface area contributed by atoms with Crippen LogP contribution in [-0.4, -0.2) is 12.7 Å². The standard InChI is InChI=1S/C12H20O/c1-8(2)10-5-4-9(3)6-11(10)12-7-13-12/h9-12H,1,4-7H2,2-3H3/t9-,10+,11-,12+/m1/s1. The number of ether oxygens (including phenoxy) is 1. The van der Waals surface area contributed by atoms with Gasteiger partial charge in [0.15, 0.2) is 0 Å². The minimum atomic E-state index is 0.574. The molecule has 1 heteroatoms. The van der Waals surface area contributed by atoms with Crippen molar-refractivity contribution in [1.82, 2.24) is 0 Å². The van der Waals surface area contributed by atoms with Crippen molar-refractivity contribution in [3.8, 4) is 0 Å². The minimum absolute atomic E-state index is 0.574. The molecule has 0 unspecified atom stereocenters. The first-order valence-electron chi connectivity index (χ1n) is 5.45. The summed E-state index contributed by atoms with van der Waals surface area (Å²) in [5.74, 6) is 2.41. The summed E-state index contributed by atoms with van der Waals surface area (Å²) in [5.41, 5.74) is 1.37. The zero-order chi connectivity index (χ0) is 9.42. The van der Waals surface area contributed by atoms with E-state index in [4.69, 9.17) is 4.74 Å². The summed E-state index contributed by atoms with van der Waals surface area (Å²) in [6.45, 7) is 9.65. The van der Waals surface area contributed by atoms with Gasteiger partial charge in [0.05, 0.1) is 12.7 Å². The Morgan fingerprint density at radius 2 is 2.08 bits per heavy atom. The molecule has 4 atom stereocenters. The van der Waals surface area contributed by atoms with Crippen molar-refractivity contribution >= 4 is 0 Å². The molecule has 2 fully saturated rings. The third kappa shape index (κ3) is 1.96. The Labute approximate surface area is 81.2 Å². The number of allylic oxidation sites excluding steroid dienone is 1. The lowest BCUT2D eigenvalue weighted by molar-refractivity contribution is 0.173. The molecule has 0 aromatic rings. The second-order valence-electron chi connectivity index (χ2n) is 4.91. The predicted molar refractivity (Wildman–Crippen MR) is 54.5 cm³/mol. The first kappa shape index (κ1) is 9.26. The van der Waals surface area contributed by atoms with Crippen molar-refractivity contribution in [3.63, 3.8) is 0 Å². The van der Waals surface area contributed by atoms with Gasteiger partial charge in [0.25, 0.3) is 0 Å². The molecule has 74 valence electrons. The van der Waals surface area contributed by atoms with Crippen molar-refractivity contribution in [3.05, 3.63) is 12.2 Å². The summed E-state index contributed by atoms with van der Waals surface area (Å²) < 4.78 is 5.44. The van der Waals surface area contributed by atoms with Crippen LogP contribution < -0.4 is 0 Å². The van der Waals surface area contributed by atoms with Gasteiger partial charge < -0.3 is 4.74 Å². The Balaban J connectivity index is 2.02. The maximum absolute atomic E-state index is 5.44. The van der Waals surface area contributed by atoms with Gasteiger partial charge >= 0.3 is 0 Å². The lowest BCUT2D eigenvalue weighted by atomic mass is 9.71. The normalized spacial score (nSPS) is 44.5. The van der Waals surface area contributed by atoms with Crippen LogP contribution in [0.15, 0.2) is 12.2 Å². The number of hydrogen-bond acceptors (Lipinski definition) is 1. The Hall–Kier alpha value is -0.300. The first-order valence-corrected chi connectivity index (χ1v) is 5.45. The highest BCUT2D eigenvalue weighted by Crippen LogP contribution is 2.42. The number of rotatable bonds is 2. The van der Waals surface area contributed by atoms with Crippen LogP contribution in [0, 0.1) is 17.8 Å². The molecule has 2 aliphatic rings. The second-order valence-corrected chi connectivity index (χ2v) is 4.91. The molecule has 2 rings (SSSR count). The zero-order valence-corrected chi connectivity index (χ0v) is 8.75. The quantitative estimate of drug-likeness (QED) is 0.470. The van der Waals surface area contributed by atoms with Gasteiger partial charge in [-0.2, -0.15) is 0 Å². The van der Waals surface area contributed by atoms with Crippen molar-refractivity contribution < 1.29 is 4.74 Å². The molecule has 0 amide bonds. The van der Waals surface area contributed by atoms with Crippen molar-refractivity contribution in [2.75, 3.05) is 6.61 Å². The molecule has 0 radical (unpaired) electrons. The van der Waals surface area contributed by atoms with E-state index in [0.717, 1.165) is 24.4 Å². The summed E-state index contributed by atoms with van der Waals surface area (Å²) in [6.07, 6.45) is 4.63. The average molecular weight is 180 g/mol. The van der Waals surface area contributed by atoms with E-state index >= 15 is 0 Å². The molecule has 0 bridgehead atoms. The minimum Gasteiger partial charge on any atom is -0.373 e. The third-order valence-electron chi connectivity index (χ3n) is 3.63. The fourth-order valence-corrected chi connectivity index (χ4v) is 2.75. The predicted octanol–water partition coefficient (Wildman–Crippen LogP) is 3.01. The van der Waals surface area contributed by atoms with Crippen molar-refractivity contribution in [2.45, 2.75) is 39.2 Å². The van der Waals surface area contributed by atoms with E-state index in [0.29, 0.717) is 6.10 Å². The second kappa shape index (κ2) is 3.45. The lowest BCUT2D eigenvalue weighted by Crippen LogP contribution is -2.28. The van der Waals surface area contributed by atoms with Crippen LogP contribution in [0.5, 0.6) is 0 Å². The van der Waals surface area contributed by atoms with Crippen molar-refractivity contribution in [1.29, 1.82) is 0 Å². The molecule has 13 heavy (non-hydrogen) atoms. The highest BCUT2D eigenvalue weighted by Gasteiger charge is 2.40. The highest BCUT2D eigenvalue weighted by atomic mass is 16.6. The maximum Gasteiger partial charge on any atom is 0.0843 e. The van der Waals surface area contributed by atoms with E-state index in [1.807, 2.05) is 0 Å². The lowest BCUT2D eigenvalue weighted by Gasteiger charge is -2.34. The SMILES string of the molecule is C=C(C)[C@@H]1CC[C@@H](C)C[C@H]1[C@@H]1CO1. The smallest absolute Gasteiger partial charge is 0.0843 e. The summed E-state index contributed by atoms with van der Waals surface area (Å²) in [4.78, 5) is 0. The van der Waals surface area contributed by atoms with Gasteiger partial charge in [-0.05, 0) is 37.5 Å². The van der Waals surface area contributed by atoms with E-state index in [9.17, 15) is 0 Å². The molecule has 1 nitrogen and oxygen atoms in total. The fraction of sp³-hybridized carbons (Fsp3) is 0.833. The van der Waals surface area contributed by atoms with Crippen LogP contribution in [0.2, 0.25) is 0 Å². The van der Waals surface area contributed by atoms with Crippen molar-refractivity contribution in [2.24, 2.45) is 17.8 Å². The molecule has 1 aliphatic carbocycles. The summed E-state index contributed by atoms with van der Waals surface area (Å²) >= 11 is 0. The summed E-state index contributed by atoms with van der Waals surface area (Å²) in [6, 6.07) is 0. The first-order chi connectivity index (χ1) is 6.18. The Kier molecular flexibility index (Phi) is 2.46. The summed E-state index contributed by atoms with van der Waals surface area (Å²) in [7, 11) is 0. The third-order valence-corrected chi connectivity index (χ3v) is 3.63. The van der Waals surface area contributed by atoms with Gasteiger partial charge in [-0.15, -0.1) is 0 Å². The monoisotopic (exact) mass is 180 g/mol. The molecule has 0 aromatic carbocycles. The van der Waals surface area contributed by atoms with Gasteiger partial charge in [0.2, 0.25) is 0 Å². The van der Waals surface area contributed by atoms with E-state index in [-0.39, 0.29) is 0 Å². The summed E-state index contributed by atoms with van der Waals surface area (Å²) in [5, 5.41) is 0. The molecule has 1 saturated carbocycles. The van der Waals surface area contributed by atoms with E-state index in [2.05, 4.69) is 20.4 Å². The highest BCUT2D eigenvalue weighted by molar-refractivity contribution is 5.04. The van der Waals surface area contributed by atoms with Crippen LogP contribution in [0.3, 0.4) is 0 Å². The fourth-order valence-electron chi connectivity index (χ4n) is 2.75. The average Bonchev–Trinajstić information content (AvgIpc) is 2.85.